The highest BCUT2D eigenvalue weighted by Gasteiger charge is 2.34. The van der Waals surface area contributed by atoms with E-state index in [4.69, 9.17) is 0 Å². The van der Waals surface area contributed by atoms with E-state index >= 15 is 0 Å². The quantitative estimate of drug-likeness (QED) is 0.176. The topological polar surface area (TPSA) is 85.2 Å². The standard InChI is InChI=1S/C46H26F3N7/c47-46(48,49)37-12-4-1-9-31(37)30-25-42(55-38-13-5-2-10-32(38)34-17-15-28(23-40(34)55)44-51-19-7-20-52-44)36(27-50)43(26-30)56-39-14-6-3-11-33(39)35-18-16-29(24-41(35)56)45-53-21-8-22-54-45/h1-26H. The van der Waals surface area contributed by atoms with Crippen LogP contribution in [0.15, 0.2) is 158 Å². The van der Waals surface area contributed by atoms with E-state index < -0.39 is 11.7 Å². The molecule has 0 N–H and O–H groups in total. The van der Waals surface area contributed by atoms with Crippen molar-refractivity contribution in [2.24, 2.45) is 0 Å². The number of halogens is 3. The molecular formula is C46H26F3N7. The van der Waals surface area contributed by atoms with E-state index in [1.54, 1.807) is 55.1 Å². The van der Waals surface area contributed by atoms with Gasteiger partial charge < -0.3 is 9.13 Å². The Labute approximate surface area is 317 Å². The van der Waals surface area contributed by atoms with Crippen LogP contribution in [0, 0.1) is 11.3 Å². The third-order valence-electron chi connectivity index (χ3n) is 10.2. The Hall–Kier alpha value is -7.64. The maximum Gasteiger partial charge on any atom is 0.417 e. The number of hydrogen-bond donors (Lipinski definition) is 0. The summed E-state index contributed by atoms with van der Waals surface area (Å²) in [6, 6.07) is 42.4. The minimum atomic E-state index is -4.64. The molecule has 0 aliphatic rings. The van der Waals surface area contributed by atoms with Crippen molar-refractivity contribution in [2.75, 3.05) is 0 Å². The molecule has 6 aromatic carbocycles. The van der Waals surface area contributed by atoms with Crippen molar-refractivity contribution < 1.29 is 13.2 Å². The van der Waals surface area contributed by atoms with Gasteiger partial charge >= 0.3 is 6.18 Å². The molecule has 0 saturated heterocycles. The monoisotopic (exact) mass is 733 g/mol. The van der Waals surface area contributed by atoms with Crippen LogP contribution in [-0.2, 0) is 6.18 Å². The van der Waals surface area contributed by atoms with Crippen LogP contribution in [0.1, 0.15) is 11.1 Å². The van der Waals surface area contributed by atoms with E-state index in [2.05, 4.69) is 26.0 Å². The molecule has 10 aromatic rings. The number of nitriles is 1. The summed E-state index contributed by atoms with van der Waals surface area (Å²) < 4.78 is 48.3. The lowest BCUT2D eigenvalue weighted by Gasteiger charge is -2.20. The highest BCUT2D eigenvalue weighted by atomic mass is 19.4. The van der Waals surface area contributed by atoms with Crippen LogP contribution in [0.2, 0.25) is 0 Å². The Bertz CT molecular complexity index is 3020. The van der Waals surface area contributed by atoms with Crippen molar-refractivity contribution in [2.45, 2.75) is 6.18 Å². The summed E-state index contributed by atoms with van der Waals surface area (Å²) in [5.41, 5.74) is 5.15. The van der Waals surface area contributed by atoms with E-state index in [1.807, 2.05) is 94.1 Å². The maximum atomic E-state index is 14.8. The van der Waals surface area contributed by atoms with Crippen molar-refractivity contribution in [3.63, 3.8) is 0 Å². The van der Waals surface area contributed by atoms with Crippen molar-refractivity contribution in [1.82, 2.24) is 29.1 Å². The van der Waals surface area contributed by atoms with Crippen LogP contribution in [0.5, 0.6) is 0 Å². The Morgan fingerprint density at radius 2 is 0.911 bits per heavy atom. The van der Waals surface area contributed by atoms with Gasteiger partial charge in [-0.2, -0.15) is 18.4 Å². The minimum absolute atomic E-state index is 0.00901. The molecule has 4 aromatic heterocycles. The fraction of sp³-hybridized carbons (Fsp3) is 0.0217. The number of fused-ring (bicyclic) bond motifs is 6. The first-order valence-corrected chi connectivity index (χ1v) is 17.8. The number of alkyl halides is 3. The summed E-state index contributed by atoms with van der Waals surface area (Å²) in [5, 5.41) is 14.9. The largest absolute Gasteiger partial charge is 0.417 e. The molecule has 0 atom stereocenters. The highest BCUT2D eigenvalue weighted by molar-refractivity contribution is 6.12. The van der Waals surface area contributed by atoms with E-state index in [0.717, 1.165) is 60.8 Å². The lowest BCUT2D eigenvalue weighted by molar-refractivity contribution is -0.137. The molecule has 10 heteroatoms. The summed E-state index contributed by atoms with van der Waals surface area (Å²) in [5.74, 6) is 1.03. The van der Waals surface area contributed by atoms with Gasteiger partial charge in [0.05, 0.1) is 39.0 Å². The van der Waals surface area contributed by atoms with Crippen LogP contribution < -0.4 is 0 Å². The van der Waals surface area contributed by atoms with Gasteiger partial charge in [-0.15, -0.1) is 0 Å². The predicted octanol–water partition coefficient (Wildman–Crippen LogP) is 11.4. The van der Waals surface area contributed by atoms with Crippen molar-refractivity contribution >= 4 is 43.6 Å². The van der Waals surface area contributed by atoms with Crippen LogP contribution in [0.4, 0.5) is 13.2 Å². The van der Waals surface area contributed by atoms with Gasteiger partial charge in [-0.25, -0.2) is 19.9 Å². The second-order valence-corrected chi connectivity index (χ2v) is 13.4. The number of aromatic nitrogens is 6. The van der Waals surface area contributed by atoms with Gasteiger partial charge in [0.1, 0.15) is 11.6 Å². The summed E-state index contributed by atoms with van der Waals surface area (Å²) in [6.07, 6.45) is 2.05. The first-order valence-electron chi connectivity index (χ1n) is 17.8. The van der Waals surface area contributed by atoms with Crippen molar-refractivity contribution in [3.8, 4) is 51.3 Å². The number of para-hydroxylation sites is 2. The second-order valence-electron chi connectivity index (χ2n) is 13.4. The van der Waals surface area contributed by atoms with Crippen LogP contribution in [0.3, 0.4) is 0 Å². The molecule has 0 saturated carbocycles. The zero-order valence-corrected chi connectivity index (χ0v) is 29.3. The average molecular weight is 734 g/mol. The molecule has 0 unspecified atom stereocenters. The molecule has 0 spiro atoms. The van der Waals surface area contributed by atoms with Gasteiger partial charge in [-0.1, -0.05) is 78.9 Å². The summed E-state index contributed by atoms with van der Waals surface area (Å²) in [6.45, 7) is 0. The zero-order valence-electron chi connectivity index (χ0n) is 29.3. The zero-order chi connectivity index (χ0) is 38.0. The van der Waals surface area contributed by atoms with E-state index in [9.17, 15) is 18.4 Å². The molecular weight excluding hydrogens is 708 g/mol. The molecule has 7 nitrogen and oxygen atoms in total. The Balaban J connectivity index is 1.37. The molecule has 266 valence electrons. The fourth-order valence-electron chi connectivity index (χ4n) is 7.85. The molecule has 0 radical (unpaired) electrons. The van der Waals surface area contributed by atoms with Crippen LogP contribution in [-0.4, -0.2) is 29.1 Å². The molecule has 0 fully saturated rings. The van der Waals surface area contributed by atoms with Crippen LogP contribution >= 0.6 is 0 Å². The number of rotatable bonds is 5. The Morgan fingerprint density at radius 1 is 0.464 bits per heavy atom. The van der Waals surface area contributed by atoms with Crippen LogP contribution in [0.25, 0.3) is 88.9 Å². The Morgan fingerprint density at radius 3 is 1.39 bits per heavy atom. The SMILES string of the molecule is N#Cc1c(-n2c3ccccc3c3ccc(-c4ncccn4)cc32)cc(-c2ccccc2C(F)(F)F)cc1-n1c2ccccc2c2ccc(-c3ncccn3)cc21. The molecule has 0 aliphatic carbocycles. The third kappa shape index (κ3) is 5.21. The van der Waals surface area contributed by atoms with Gasteiger partial charge in [-0.3, -0.25) is 0 Å². The highest BCUT2D eigenvalue weighted by Crippen LogP contribution is 2.43. The molecule has 10 rings (SSSR count). The van der Waals surface area contributed by atoms with Gasteiger partial charge in [0, 0.05) is 57.5 Å². The molecule has 56 heavy (non-hydrogen) atoms. The Kier molecular flexibility index (Phi) is 7.50. The van der Waals surface area contributed by atoms with Gasteiger partial charge in [-0.05, 0) is 65.7 Å². The van der Waals surface area contributed by atoms with Crippen molar-refractivity contribution in [1.29, 1.82) is 5.26 Å². The average Bonchev–Trinajstić information content (AvgIpc) is 3.75. The van der Waals surface area contributed by atoms with Gasteiger partial charge in [0.15, 0.2) is 11.6 Å². The fourth-order valence-corrected chi connectivity index (χ4v) is 7.85. The first kappa shape index (κ1) is 33.0. The smallest absolute Gasteiger partial charge is 0.308 e. The van der Waals surface area contributed by atoms with Gasteiger partial charge in [0.2, 0.25) is 0 Å². The number of benzene rings is 6. The second kappa shape index (κ2) is 12.7. The van der Waals surface area contributed by atoms with E-state index in [-0.39, 0.29) is 11.1 Å². The normalized spacial score (nSPS) is 11.8. The van der Waals surface area contributed by atoms with E-state index in [1.165, 1.54) is 12.1 Å². The van der Waals surface area contributed by atoms with Crippen molar-refractivity contribution in [3.05, 3.63) is 169 Å². The summed E-state index contributed by atoms with van der Waals surface area (Å²) >= 11 is 0. The molecule has 4 heterocycles. The summed E-state index contributed by atoms with van der Waals surface area (Å²) in [7, 11) is 0. The number of nitrogens with zero attached hydrogens (tertiary/aromatic N) is 7. The summed E-state index contributed by atoms with van der Waals surface area (Å²) in [4.78, 5) is 17.9. The molecule has 0 bridgehead atoms. The third-order valence-corrected chi connectivity index (χ3v) is 10.2. The first-order chi connectivity index (χ1) is 27.4. The lowest BCUT2D eigenvalue weighted by Crippen LogP contribution is -2.09. The molecule has 0 aliphatic heterocycles. The van der Waals surface area contributed by atoms with E-state index in [0.29, 0.717) is 28.6 Å². The number of hydrogen-bond acceptors (Lipinski definition) is 5. The minimum Gasteiger partial charge on any atom is -0.308 e. The maximum absolute atomic E-state index is 14.8. The predicted molar refractivity (Wildman–Crippen MR) is 212 cm³/mol. The molecule has 0 amide bonds. The lowest BCUT2D eigenvalue weighted by atomic mass is 9.96. The van der Waals surface area contributed by atoms with Gasteiger partial charge in [0.25, 0.3) is 0 Å².